The van der Waals surface area contributed by atoms with E-state index in [4.69, 9.17) is 4.74 Å². The third-order valence-electron chi connectivity index (χ3n) is 4.64. The monoisotopic (exact) mass is 279 g/mol. The highest BCUT2D eigenvalue weighted by Gasteiger charge is 2.59. The molecule has 0 saturated carbocycles. The number of hydrogen-bond donors (Lipinski definition) is 0. The summed E-state index contributed by atoms with van der Waals surface area (Å²) < 4.78 is 6.43. The Morgan fingerprint density at radius 2 is 1.90 bits per heavy atom. The minimum absolute atomic E-state index is 0.296. The number of aromatic nitrogens is 1. The van der Waals surface area contributed by atoms with Gasteiger partial charge in [0, 0.05) is 13.2 Å². The zero-order chi connectivity index (χ0) is 14.7. The van der Waals surface area contributed by atoms with Crippen molar-refractivity contribution in [1.82, 2.24) is 4.98 Å². The molecule has 0 saturated heterocycles. The quantitative estimate of drug-likeness (QED) is 0.742. The number of fused-ring (bicyclic) bond motifs is 2. The molecule has 0 amide bonds. The maximum atomic E-state index is 6.43. The predicted molar refractivity (Wildman–Crippen MR) is 83.6 cm³/mol. The Kier molecular flexibility index (Phi) is 2.27. The van der Waals surface area contributed by atoms with Crippen molar-refractivity contribution in [2.24, 2.45) is 4.99 Å². The molecule has 1 unspecified atom stereocenters. The van der Waals surface area contributed by atoms with E-state index in [-0.39, 0.29) is 5.41 Å². The fourth-order valence-corrected chi connectivity index (χ4v) is 3.36. The molecule has 2 aromatic rings. The van der Waals surface area contributed by atoms with Crippen molar-refractivity contribution in [3.63, 3.8) is 0 Å². The lowest BCUT2D eigenvalue weighted by Crippen LogP contribution is -2.61. The van der Waals surface area contributed by atoms with Crippen LogP contribution in [0.4, 0.5) is 11.4 Å². The highest BCUT2D eigenvalue weighted by molar-refractivity contribution is 5.87. The molecule has 106 valence electrons. The van der Waals surface area contributed by atoms with Crippen LogP contribution in [0.2, 0.25) is 0 Å². The van der Waals surface area contributed by atoms with Gasteiger partial charge in [-0.1, -0.05) is 12.1 Å². The first kappa shape index (κ1) is 12.4. The lowest BCUT2D eigenvalue weighted by molar-refractivity contribution is 0.0809. The normalized spacial score (nSPS) is 24.6. The van der Waals surface area contributed by atoms with Gasteiger partial charge in [0.15, 0.2) is 0 Å². The van der Waals surface area contributed by atoms with Crippen molar-refractivity contribution < 1.29 is 4.74 Å². The summed E-state index contributed by atoms with van der Waals surface area (Å²) in [5.74, 6) is 0.813. The molecule has 21 heavy (non-hydrogen) atoms. The van der Waals surface area contributed by atoms with Crippen LogP contribution in [-0.2, 0) is 5.41 Å². The Bertz CT molecular complexity index is 753. The average Bonchev–Trinajstić information content (AvgIpc) is 2.67. The number of hydrogen-bond acceptors (Lipinski definition) is 4. The maximum Gasteiger partial charge on any atom is 0.230 e. The second kappa shape index (κ2) is 3.85. The van der Waals surface area contributed by atoms with Gasteiger partial charge in [0.05, 0.1) is 23.0 Å². The van der Waals surface area contributed by atoms with Crippen LogP contribution in [0.25, 0.3) is 0 Å². The number of para-hydroxylation sites is 2. The number of benzene rings is 1. The fraction of sp³-hybridized carbons (Fsp3) is 0.294. The zero-order valence-corrected chi connectivity index (χ0v) is 12.4. The van der Waals surface area contributed by atoms with Gasteiger partial charge in [-0.25, -0.2) is 0 Å². The van der Waals surface area contributed by atoms with Crippen molar-refractivity contribution in [3.8, 4) is 5.75 Å². The van der Waals surface area contributed by atoms with Gasteiger partial charge in [-0.15, -0.1) is 0 Å². The van der Waals surface area contributed by atoms with Crippen molar-refractivity contribution >= 4 is 17.6 Å². The van der Waals surface area contributed by atoms with Crippen LogP contribution in [-0.4, -0.2) is 24.0 Å². The first-order valence-corrected chi connectivity index (χ1v) is 7.09. The van der Waals surface area contributed by atoms with E-state index in [0.29, 0.717) is 0 Å². The van der Waals surface area contributed by atoms with E-state index in [9.17, 15) is 0 Å². The van der Waals surface area contributed by atoms with E-state index in [1.165, 1.54) is 0 Å². The Labute approximate surface area is 124 Å². The molecule has 0 fully saturated rings. The van der Waals surface area contributed by atoms with Gasteiger partial charge in [0.2, 0.25) is 5.72 Å². The Balaban J connectivity index is 1.92. The standard InChI is InChI=1S/C17H17N3O/c1-16(2)15-13(8-6-10-18-15)20(3)17(16)11-19-12-7-4-5-9-14(12)21-17/h4-11H,1-3H3. The molecule has 3 heterocycles. The van der Waals surface area contributed by atoms with Gasteiger partial charge in [-0.2, -0.15) is 0 Å². The Morgan fingerprint density at radius 1 is 1.10 bits per heavy atom. The number of aliphatic imine (C=N–C) groups is 1. The molecule has 0 bridgehead atoms. The lowest BCUT2D eigenvalue weighted by Gasteiger charge is -2.44. The molecule has 0 aliphatic carbocycles. The van der Waals surface area contributed by atoms with Crippen molar-refractivity contribution in [1.29, 1.82) is 0 Å². The van der Waals surface area contributed by atoms with Crippen LogP contribution in [0, 0.1) is 0 Å². The van der Waals surface area contributed by atoms with Crippen LogP contribution < -0.4 is 9.64 Å². The summed E-state index contributed by atoms with van der Waals surface area (Å²) in [6, 6.07) is 11.9. The first-order chi connectivity index (χ1) is 10.1. The molecular weight excluding hydrogens is 262 g/mol. The summed E-state index contributed by atoms with van der Waals surface area (Å²) in [4.78, 5) is 11.4. The molecule has 4 nitrogen and oxygen atoms in total. The van der Waals surface area contributed by atoms with E-state index >= 15 is 0 Å². The van der Waals surface area contributed by atoms with E-state index in [1.807, 2.05) is 49.8 Å². The third-order valence-corrected chi connectivity index (χ3v) is 4.64. The van der Waals surface area contributed by atoms with E-state index in [2.05, 4.69) is 34.8 Å². The lowest BCUT2D eigenvalue weighted by atomic mass is 9.80. The van der Waals surface area contributed by atoms with Crippen LogP contribution in [0.15, 0.2) is 47.6 Å². The van der Waals surface area contributed by atoms with Crippen molar-refractivity contribution in [2.75, 3.05) is 11.9 Å². The molecule has 1 aromatic heterocycles. The number of likely N-dealkylation sites (N-methyl/N-ethyl adjacent to an activating group) is 1. The van der Waals surface area contributed by atoms with Crippen molar-refractivity contribution in [3.05, 3.63) is 48.3 Å². The smallest absolute Gasteiger partial charge is 0.230 e. The number of rotatable bonds is 0. The van der Waals surface area contributed by atoms with Gasteiger partial charge < -0.3 is 9.64 Å². The summed E-state index contributed by atoms with van der Waals surface area (Å²) in [5.41, 5.74) is 2.07. The largest absolute Gasteiger partial charge is 0.459 e. The van der Waals surface area contributed by atoms with E-state index in [1.54, 1.807) is 0 Å². The average molecular weight is 279 g/mol. The molecule has 0 N–H and O–H groups in total. The maximum absolute atomic E-state index is 6.43. The molecule has 2 aliphatic heterocycles. The topological polar surface area (TPSA) is 37.7 Å². The molecule has 1 atom stereocenters. The number of anilines is 1. The first-order valence-electron chi connectivity index (χ1n) is 7.09. The fourth-order valence-electron chi connectivity index (χ4n) is 3.36. The summed E-state index contributed by atoms with van der Waals surface area (Å²) in [6.45, 7) is 4.31. The Hall–Kier alpha value is -2.36. The minimum atomic E-state index is -0.641. The van der Waals surface area contributed by atoms with Crippen LogP contribution >= 0.6 is 0 Å². The number of ether oxygens (including phenoxy) is 1. The highest BCUT2D eigenvalue weighted by atomic mass is 16.5. The van der Waals surface area contributed by atoms with Crippen LogP contribution in [0.1, 0.15) is 19.5 Å². The minimum Gasteiger partial charge on any atom is -0.459 e. The number of nitrogens with zero attached hydrogens (tertiary/aromatic N) is 3. The van der Waals surface area contributed by atoms with Gasteiger partial charge in [-0.3, -0.25) is 9.98 Å². The van der Waals surface area contributed by atoms with E-state index in [0.717, 1.165) is 22.8 Å². The van der Waals surface area contributed by atoms with Gasteiger partial charge >= 0.3 is 0 Å². The number of pyridine rings is 1. The van der Waals surface area contributed by atoms with Gasteiger partial charge in [-0.05, 0) is 38.1 Å². The van der Waals surface area contributed by atoms with Crippen LogP contribution in [0.5, 0.6) is 5.75 Å². The molecular formula is C17H17N3O. The molecule has 4 rings (SSSR count). The van der Waals surface area contributed by atoms with Crippen molar-refractivity contribution in [2.45, 2.75) is 25.0 Å². The van der Waals surface area contributed by atoms with Gasteiger partial charge in [0.25, 0.3) is 0 Å². The SMILES string of the molecule is CN1c2cccnc2C(C)(C)C12C=Nc1ccccc1O2. The Morgan fingerprint density at radius 3 is 2.71 bits per heavy atom. The molecule has 0 radical (unpaired) electrons. The summed E-state index contributed by atoms with van der Waals surface area (Å²) in [6.07, 6.45) is 3.75. The molecule has 1 spiro atoms. The second-order valence-corrected chi connectivity index (χ2v) is 6.08. The van der Waals surface area contributed by atoms with Gasteiger partial charge in [0.1, 0.15) is 11.4 Å². The van der Waals surface area contributed by atoms with E-state index < -0.39 is 5.72 Å². The van der Waals surface area contributed by atoms with Crippen LogP contribution in [0.3, 0.4) is 0 Å². The molecule has 4 heteroatoms. The predicted octanol–water partition coefficient (Wildman–Crippen LogP) is 3.30. The summed E-state index contributed by atoms with van der Waals surface area (Å²) >= 11 is 0. The zero-order valence-electron chi connectivity index (χ0n) is 12.4. The second-order valence-electron chi connectivity index (χ2n) is 6.08. The summed E-state index contributed by atoms with van der Waals surface area (Å²) in [7, 11) is 2.04. The molecule has 1 aromatic carbocycles. The highest BCUT2D eigenvalue weighted by Crippen LogP contribution is 2.52. The molecule has 2 aliphatic rings. The summed E-state index contributed by atoms with van der Waals surface area (Å²) in [5, 5.41) is 0. The third kappa shape index (κ3) is 1.39.